The van der Waals surface area contributed by atoms with Crippen molar-refractivity contribution in [3.05, 3.63) is 35.5 Å². The van der Waals surface area contributed by atoms with Crippen molar-refractivity contribution in [2.24, 2.45) is 0 Å². The third-order valence-electron chi connectivity index (χ3n) is 3.35. The number of thioether (sulfide) groups is 1. The van der Waals surface area contributed by atoms with E-state index in [-0.39, 0.29) is 10.4 Å². The maximum atomic E-state index is 13.0. The molecule has 1 heterocycles. The smallest absolute Gasteiger partial charge is 0.251 e. The van der Waals surface area contributed by atoms with Crippen molar-refractivity contribution < 1.29 is 26.3 Å². The van der Waals surface area contributed by atoms with Gasteiger partial charge in [-0.15, -0.1) is 11.8 Å². The molecule has 0 bridgehead atoms. The Bertz CT molecular complexity index is 733. The first kappa shape index (κ1) is 19.7. The molecule has 2 aromatic rings. The molecule has 0 atom stereocenters. The minimum absolute atomic E-state index is 0.0337. The number of rotatable bonds is 5. The Labute approximate surface area is 145 Å². The van der Waals surface area contributed by atoms with Crippen LogP contribution in [0.4, 0.5) is 26.3 Å². The van der Waals surface area contributed by atoms with Crippen LogP contribution in [0.5, 0.6) is 0 Å². The lowest BCUT2D eigenvalue weighted by atomic mass is 10.1. The van der Waals surface area contributed by atoms with Gasteiger partial charge in [0.05, 0.1) is 5.69 Å². The van der Waals surface area contributed by atoms with E-state index >= 15 is 0 Å². The molecule has 0 radical (unpaired) electrons. The number of hydrogen-bond donors (Lipinski definition) is 0. The zero-order valence-corrected chi connectivity index (χ0v) is 14.3. The molecule has 25 heavy (non-hydrogen) atoms. The van der Waals surface area contributed by atoms with Gasteiger partial charge in [-0.05, 0) is 36.8 Å². The second-order valence-corrected chi connectivity index (χ2v) is 6.65. The number of aryl methyl sites for hydroxylation is 1. The van der Waals surface area contributed by atoms with Crippen LogP contribution in [-0.4, -0.2) is 21.7 Å². The lowest BCUT2D eigenvalue weighted by molar-refractivity contribution is -0.160. The van der Waals surface area contributed by atoms with Crippen LogP contribution >= 0.6 is 11.8 Å². The quantitative estimate of drug-likeness (QED) is 0.470. The van der Waals surface area contributed by atoms with Crippen molar-refractivity contribution in [2.45, 2.75) is 44.1 Å². The maximum absolute atomic E-state index is 13.0. The fourth-order valence-electron chi connectivity index (χ4n) is 2.20. The highest BCUT2D eigenvalue weighted by molar-refractivity contribution is 7.99. The second kappa shape index (κ2) is 7.31. The predicted molar refractivity (Wildman–Crippen MR) is 84.5 cm³/mol. The highest BCUT2D eigenvalue weighted by atomic mass is 32.2. The molecule has 0 aliphatic heterocycles. The van der Waals surface area contributed by atoms with Crippen LogP contribution in [-0.2, 0) is 12.7 Å². The number of halogens is 6. The molecule has 0 saturated heterocycles. The summed E-state index contributed by atoms with van der Waals surface area (Å²) in [6, 6.07) is 5.61. The fraction of sp³-hybridized carbons (Fsp3) is 0.438. The first-order valence-electron chi connectivity index (χ1n) is 7.47. The summed E-state index contributed by atoms with van der Waals surface area (Å²) in [6.07, 6.45) is -8.79. The van der Waals surface area contributed by atoms with Crippen LogP contribution in [0.1, 0.15) is 24.6 Å². The van der Waals surface area contributed by atoms with Gasteiger partial charge < -0.3 is 0 Å². The Morgan fingerprint density at radius 2 is 1.76 bits per heavy atom. The van der Waals surface area contributed by atoms with E-state index in [1.807, 2.05) is 13.8 Å². The average Bonchev–Trinajstić information content (AvgIpc) is 2.88. The summed E-state index contributed by atoms with van der Waals surface area (Å²) < 4.78 is 76.7. The lowest BCUT2D eigenvalue weighted by Gasteiger charge is -2.11. The number of nitrogens with zero attached hydrogens (tertiary/aromatic N) is 2. The second-order valence-electron chi connectivity index (χ2n) is 5.51. The molecule has 0 fully saturated rings. The van der Waals surface area contributed by atoms with Gasteiger partial charge in [0.2, 0.25) is 0 Å². The van der Waals surface area contributed by atoms with E-state index in [9.17, 15) is 26.3 Å². The van der Waals surface area contributed by atoms with Gasteiger partial charge in [-0.25, -0.2) is 0 Å². The van der Waals surface area contributed by atoms with Crippen molar-refractivity contribution in [2.75, 3.05) is 5.75 Å². The molecule has 1 aromatic carbocycles. The van der Waals surface area contributed by atoms with Crippen molar-refractivity contribution in [3.63, 3.8) is 0 Å². The summed E-state index contributed by atoms with van der Waals surface area (Å²) in [6.45, 7) is 2.08. The minimum atomic E-state index is -4.92. The third-order valence-corrected chi connectivity index (χ3v) is 4.71. The lowest BCUT2D eigenvalue weighted by Crippen LogP contribution is -2.23. The summed E-state index contributed by atoms with van der Waals surface area (Å²) in [5.74, 6) is 0.834. The van der Waals surface area contributed by atoms with Gasteiger partial charge in [0.15, 0.2) is 0 Å². The van der Waals surface area contributed by atoms with Gasteiger partial charge in [0, 0.05) is 10.5 Å². The van der Waals surface area contributed by atoms with E-state index in [4.69, 9.17) is 0 Å². The summed E-state index contributed by atoms with van der Waals surface area (Å²) in [7, 11) is 0. The number of alkyl halides is 6. The van der Waals surface area contributed by atoms with Crippen molar-refractivity contribution in [3.8, 4) is 11.3 Å². The molecule has 9 heteroatoms. The van der Waals surface area contributed by atoms with E-state index in [0.717, 1.165) is 22.6 Å². The van der Waals surface area contributed by atoms with Crippen LogP contribution in [0.3, 0.4) is 0 Å². The number of hydrogen-bond acceptors (Lipinski definition) is 2. The molecule has 138 valence electrons. The van der Waals surface area contributed by atoms with Gasteiger partial charge in [-0.1, -0.05) is 19.1 Å². The van der Waals surface area contributed by atoms with Gasteiger partial charge in [0.1, 0.15) is 12.2 Å². The fourth-order valence-corrected chi connectivity index (χ4v) is 3.13. The van der Waals surface area contributed by atoms with Crippen LogP contribution in [0, 0.1) is 6.92 Å². The normalized spacial score (nSPS) is 12.6. The Morgan fingerprint density at radius 3 is 2.32 bits per heavy atom. The first-order chi connectivity index (χ1) is 11.5. The SMILES string of the molecule is CCCSc1cc(-c2cc(C(F)(F)F)n(CC(F)(F)F)n2)ccc1C. The zero-order chi connectivity index (χ0) is 18.8. The van der Waals surface area contributed by atoms with E-state index in [0.29, 0.717) is 11.6 Å². The Balaban J connectivity index is 2.46. The molecule has 0 N–H and O–H groups in total. The van der Waals surface area contributed by atoms with E-state index in [1.54, 1.807) is 30.0 Å². The van der Waals surface area contributed by atoms with Crippen LogP contribution in [0.2, 0.25) is 0 Å². The summed E-state index contributed by atoms with van der Waals surface area (Å²) in [5.41, 5.74) is -0.235. The molecule has 0 unspecified atom stereocenters. The van der Waals surface area contributed by atoms with Gasteiger partial charge in [-0.3, -0.25) is 4.68 Å². The Hall–Kier alpha value is -1.64. The van der Waals surface area contributed by atoms with Crippen LogP contribution in [0.15, 0.2) is 29.2 Å². The molecule has 0 spiro atoms. The zero-order valence-electron chi connectivity index (χ0n) is 13.5. The Morgan fingerprint density at radius 1 is 1.08 bits per heavy atom. The number of aromatic nitrogens is 2. The molecular formula is C16H16F6N2S. The average molecular weight is 382 g/mol. The summed E-state index contributed by atoms with van der Waals surface area (Å²) >= 11 is 1.55. The minimum Gasteiger partial charge on any atom is -0.251 e. The maximum Gasteiger partial charge on any atom is 0.433 e. The molecule has 2 rings (SSSR count). The monoisotopic (exact) mass is 382 g/mol. The molecule has 0 amide bonds. The highest BCUT2D eigenvalue weighted by Crippen LogP contribution is 2.35. The van der Waals surface area contributed by atoms with Crippen molar-refractivity contribution >= 4 is 11.8 Å². The summed E-state index contributed by atoms with van der Waals surface area (Å²) in [4.78, 5) is 0.873. The predicted octanol–water partition coefficient (Wildman–Crippen LogP) is 5.94. The number of benzene rings is 1. The third kappa shape index (κ3) is 5.17. The van der Waals surface area contributed by atoms with Crippen molar-refractivity contribution in [1.82, 2.24) is 9.78 Å². The Kier molecular flexibility index (Phi) is 5.75. The molecule has 2 nitrogen and oxygen atoms in total. The van der Waals surface area contributed by atoms with Crippen LogP contribution in [0.25, 0.3) is 11.3 Å². The molecule has 1 aromatic heterocycles. The molecular weight excluding hydrogens is 366 g/mol. The molecule has 0 aliphatic rings. The van der Waals surface area contributed by atoms with Crippen LogP contribution < -0.4 is 0 Å². The van der Waals surface area contributed by atoms with E-state index in [1.165, 1.54) is 0 Å². The summed E-state index contributed by atoms with van der Waals surface area (Å²) in [5, 5.41) is 3.55. The van der Waals surface area contributed by atoms with Gasteiger partial charge >= 0.3 is 12.4 Å². The van der Waals surface area contributed by atoms with Gasteiger partial charge in [0.25, 0.3) is 0 Å². The van der Waals surface area contributed by atoms with E-state index in [2.05, 4.69) is 5.10 Å². The topological polar surface area (TPSA) is 17.8 Å². The largest absolute Gasteiger partial charge is 0.433 e. The van der Waals surface area contributed by atoms with Gasteiger partial charge in [-0.2, -0.15) is 31.4 Å². The van der Waals surface area contributed by atoms with Crippen molar-refractivity contribution in [1.29, 1.82) is 0 Å². The van der Waals surface area contributed by atoms with E-state index < -0.39 is 24.6 Å². The molecule has 0 saturated carbocycles. The first-order valence-corrected chi connectivity index (χ1v) is 8.45. The highest BCUT2D eigenvalue weighted by Gasteiger charge is 2.39. The molecule has 0 aliphatic carbocycles. The standard InChI is InChI=1S/C16H16F6N2S/c1-3-6-25-13-7-11(5-4-10(13)2)12-8-14(16(20,21)22)24(23-12)9-15(17,18)19/h4-5,7-8H,3,6,9H2,1-2H3.